The Kier molecular flexibility index (Phi) is 6.97. The number of urea groups is 1. The van der Waals surface area contributed by atoms with Gasteiger partial charge in [-0.2, -0.15) is 0 Å². The van der Waals surface area contributed by atoms with Crippen LogP contribution in [0.15, 0.2) is 81.2 Å². The fourth-order valence-electron chi connectivity index (χ4n) is 3.20. The third-order valence-corrected chi connectivity index (χ3v) is 6.28. The van der Waals surface area contributed by atoms with Crippen LogP contribution in [0.5, 0.6) is 5.75 Å². The van der Waals surface area contributed by atoms with E-state index in [-0.39, 0.29) is 17.9 Å². The Balaban J connectivity index is 1.69. The third-order valence-electron chi connectivity index (χ3n) is 4.78. The highest BCUT2D eigenvalue weighted by atomic mass is 79.9. The molecule has 0 aromatic heterocycles. The number of imide groups is 2. The van der Waals surface area contributed by atoms with Crippen molar-refractivity contribution in [1.82, 2.24) is 5.32 Å². The zero-order valence-corrected chi connectivity index (χ0v) is 20.8. The van der Waals surface area contributed by atoms with Gasteiger partial charge in [0.25, 0.3) is 11.8 Å². The molecule has 1 saturated heterocycles. The Morgan fingerprint density at radius 2 is 1.76 bits per heavy atom. The van der Waals surface area contributed by atoms with Gasteiger partial charge in [-0.3, -0.25) is 14.9 Å². The molecule has 1 N–H and O–H groups in total. The SMILES string of the molecule is O=C1NC(=O)N(c2cccc(Cl)c2)C(=O)/C1=C/c1cc(Br)ccc1OCc1ccccc1Br. The molecule has 0 bridgehead atoms. The molecule has 166 valence electrons. The van der Waals surface area contributed by atoms with Crippen molar-refractivity contribution in [2.24, 2.45) is 0 Å². The molecule has 3 aromatic carbocycles. The van der Waals surface area contributed by atoms with E-state index in [1.54, 1.807) is 36.4 Å². The average molecular weight is 591 g/mol. The summed E-state index contributed by atoms with van der Waals surface area (Å²) in [4.78, 5) is 39.0. The molecule has 0 spiro atoms. The van der Waals surface area contributed by atoms with E-state index in [1.165, 1.54) is 12.1 Å². The first-order valence-electron chi connectivity index (χ1n) is 9.66. The van der Waals surface area contributed by atoms with Gasteiger partial charge in [0, 0.05) is 25.1 Å². The van der Waals surface area contributed by atoms with Gasteiger partial charge in [-0.15, -0.1) is 0 Å². The van der Waals surface area contributed by atoms with Crippen molar-refractivity contribution in [1.29, 1.82) is 0 Å². The van der Waals surface area contributed by atoms with E-state index < -0.39 is 17.8 Å². The maximum atomic E-state index is 13.2. The second-order valence-corrected chi connectivity index (χ2v) is 9.21. The van der Waals surface area contributed by atoms with Crippen molar-refractivity contribution in [2.45, 2.75) is 6.61 Å². The van der Waals surface area contributed by atoms with Gasteiger partial charge in [0.2, 0.25) is 0 Å². The molecule has 1 fully saturated rings. The monoisotopic (exact) mass is 588 g/mol. The lowest BCUT2D eigenvalue weighted by Gasteiger charge is -2.26. The number of ether oxygens (including phenoxy) is 1. The lowest BCUT2D eigenvalue weighted by atomic mass is 10.1. The molecule has 9 heteroatoms. The standard InChI is InChI=1S/C24H15Br2ClN2O4/c25-16-8-9-21(33-13-14-4-1-2-7-20(14)26)15(10-16)11-19-22(30)28-24(32)29(23(19)31)18-6-3-5-17(27)12-18/h1-12H,13H2,(H,28,30,32)/b19-11+. The first kappa shape index (κ1) is 23.2. The van der Waals surface area contributed by atoms with Crippen LogP contribution in [-0.4, -0.2) is 17.8 Å². The molecule has 1 aliphatic heterocycles. The number of halogens is 3. The van der Waals surface area contributed by atoms with Gasteiger partial charge in [0.05, 0.1) is 5.69 Å². The van der Waals surface area contributed by atoms with Crippen molar-refractivity contribution in [3.63, 3.8) is 0 Å². The van der Waals surface area contributed by atoms with Crippen molar-refractivity contribution in [3.05, 3.63) is 97.4 Å². The summed E-state index contributed by atoms with van der Waals surface area (Å²) in [5, 5.41) is 2.56. The van der Waals surface area contributed by atoms with Crippen LogP contribution in [0.2, 0.25) is 5.02 Å². The molecular weight excluding hydrogens is 576 g/mol. The fraction of sp³-hybridized carbons (Fsp3) is 0.0417. The van der Waals surface area contributed by atoms with Gasteiger partial charge in [-0.1, -0.05) is 67.7 Å². The minimum Gasteiger partial charge on any atom is -0.488 e. The van der Waals surface area contributed by atoms with E-state index in [2.05, 4.69) is 37.2 Å². The number of nitrogens with one attached hydrogen (secondary N) is 1. The average Bonchev–Trinajstić information content (AvgIpc) is 2.77. The number of nitrogens with zero attached hydrogens (tertiary/aromatic N) is 1. The molecule has 4 amide bonds. The van der Waals surface area contributed by atoms with Crippen LogP contribution < -0.4 is 15.0 Å². The summed E-state index contributed by atoms with van der Waals surface area (Å²) in [5.41, 5.74) is 1.47. The maximum absolute atomic E-state index is 13.2. The summed E-state index contributed by atoms with van der Waals surface area (Å²) in [6.07, 6.45) is 1.40. The van der Waals surface area contributed by atoms with Crippen molar-refractivity contribution < 1.29 is 19.1 Å². The quantitative estimate of drug-likeness (QED) is 0.288. The summed E-state index contributed by atoms with van der Waals surface area (Å²) in [7, 11) is 0. The Morgan fingerprint density at radius 1 is 0.970 bits per heavy atom. The first-order valence-corrected chi connectivity index (χ1v) is 11.6. The van der Waals surface area contributed by atoms with E-state index >= 15 is 0 Å². The molecule has 0 unspecified atom stereocenters. The zero-order valence-electron chi connectivity index (χ0n) is 16.8. The molecule has 0 aliphatic carbocycles. The van der Waals surface area contributed by atoms with Crippen molar-refractivity contribution in [3.8, 4) is 5.75 Å². The minimum absolute atomic E-state index is 0.210. The number of anilines is 1. The van der Waals surface area contributed by atoms with Gasteiger partial charge in [-0.25, -0.2) is 9.69 Å². The van der Waals surface area contributed by atoms with Crippen molar-refractivity contribution >= 4 is 73.1 Å². The topological polar surface area (TPSA) is 75.7 Å². The van der Waals surface area contributed by atoms with Crippen molar-refractivity contribution in [2.75, 3.05) is 4.90 Å². The fourth-order valence-corrected chi connectivity index (χ4v) is 4.16. The maximum Gasteiger partial charge on any atom is 0.335 e. The number of rotatable bonds is 5. The van der Waals surface area contributed by atoms with E-state index in [0.717, 1.165) is 19.4 Å². The van der Waals surface area contributed by atoms with Crippen LogP contribution >= 0.6 is 43.5 Å². The largest absolute Gasteiger partial charge is 0.488 e. The van der Waals surface area contributed by atoms with Crippen LogP contribution in [0.25, 0.3) is 6.08 Å². The number of hydrogen-bond acceptors (Lipinski definition) is 4. The predicted molar refractivity (Wildman–Crippen MR) is 133 cm³/mol. The summed E-state index contributed by atoms with van der Waals surface area (Å²) in [5.74, 6) is -1.09. The molecule has 3 aromatic rings. The van der Waals surface area contributed by atoms with Gasteiger partial charge in [-0.05, 0) is 48.5 Å². The molecule has 33 heavy (non-hydrogen) atoms. The highest BCUT2D eigenvalue weighted by Gasteiger charge is 2.37. The normalized spacial score (nSPS) is 15.1. The highest BCUT2D eigenvalue weighted by molar-refractivity contribution is 9.10. The van der Waals surface area contributed by atoms with Crippen LogP contribution in [0.3, 0.4) is 0 Å². The Labute approximate surface area is 211 Å². The van der Waals surface area contributed by atoms with Gasteiger partial charge in [0.1, 0.15) is 17.9 Å². The van der Waals surface area contributed by atoms with Crippen LogP contribution in [-0.2, 0) is 16.2 Å². The van der Waals surface area contributed by atoms with Crippen LogP contribution in [0.1, 0.15) is 11.1 Å². The minimum atomic E-state index is -0.843. The Bertz CT molecular complexity index is 1310. The van der Waals surface area contributed by atoms with Gasteiger partial charge in [0.15, 0.2) is 0 Å². The Morgan fingerprint density at radius 3 is 2.52 bits per heavy atom. The second kappa shape index (κ2) is 9.91. The van der Waals surface area contributed by atoms with Gasteiger partial charge < -0.3 is 4.74 Å². The second-order valence-electron chi connectivity index (χ2n) is 7.00. The van der Waals surface area contributed by atoms with Gasteiger partial charge >= 0.3 is 6.03 Å². The molecule has 1 heterocycles. The summed E-state index contributed by atoms with van der Waals surface area (Å²) in [6.45, 7) is 0.270. The van der Waals surface area contributed by atoms with E-state index in [0.29, 0.717) is 16.3 Å². The lowest BCUT2D eigenvalue weighted by molar-refractivity contribution is -0.122. The molecule has 0 saturated carbocycles. The molecular formula is C24H15Br2ClN2O4. The number of hydrogen-bond donors (Lipinski definition) is 1. The lowest BCUT2D eigenvalue weighted by Crippen LogP contribution is -2.54. The highest BCUT2D eigenvalue weighted by Crippen LogP contribution is 2.30. The predicted octanol–water partition coefficient (Wildman–Crippen LogP) is 6.11. The number of carbonyl (C=O) groups is 3. The number of amides is 4. The zero-order chi connectivity index (χ0) is 23.5. The molecule has 0 atom stereocenters. The smallest absolute Gasteiger partial charge is 0.335 e. The number of benzene rings is 3. The molecule has 4 rings (SSSR count). The van der Waals surface area contributed by atoms with Crippen LogP contribution in [0, 0.1) is 0 Å². The molecule has 1 aliphatic rings. The summed E-state index contributed by atoms with van der Waals surface area (Å²) < 4.78 is 7.62. The summed E-state index contributed by atoms with van der Waals surface area (Å²) in [6, 6.07) is 18.3. The molecule has 6 nitrogen and oxygen atoms in total. The third kappa shape index (κ3) is 5.19. The van der Waals surface area contributed by atoms with E-state index in [4.69, 9.17) is 16.3 Å². The first-order chi connectivity index (χ1) is 15.8. The Hall–Kier alpha value is -2.94. The summed E-state index contributed by atoms with van der Waals surface area (Å²) >= 11 is 12.9. The number of barbiturate groups is 1. The van der Waals surface area contributed by atoms with E-state index in [9.17, 15) is 14.4 Å². The van der Waals surface area contributed by atoms with E-state index in [1.807, 2.05) is 24.3 Å². The molecule has 0 radical (unpaired) electrons. The van der Waals surface area contributed by atoms with Crippen LogP contribution in [0.4, 0.5) is 10.5 Å². The number of carbonyl (C=O) groups excluding carboxylic acids is 3.